The van der Waals surface area contributed by atoms with E-state index in [4.69, 9.17) is 11.6 Å². The molecule has 0 aliphatic carbocycles. The number of carbonyl (C=O) groups is 2. The fourth-order valence-corrected chi connectivity index (χ4v) is 2.74. The van der Waals surface area contributed by atoms with Crippen molar-refractivity contribution in [3.8, 4) is 0 Å². The standard InChI is InChI=1S/C14H8ClNO2S/c15-9-1-2-12-10(5-9)11(14(18)16-12)6-13(17)8-3-4-19-7-8/h1-7H,(H,16,18). The molecule has 0 fully saturated rings. The molecule has 0 spiro atoms. The molecule has 0 atom stereocenters. The van der Waals surface area contributed by atoms with Crippen molar-refractivity contribution in [2.45, 2.75) is 0 Å². The van der Waals surface area contributed by atoms with Gasteiger partial charge in [-0.15, -0.1) is 0 Å². The summed E-state index contributed by atoms with van der Waals surface area (Å²) >= 11 is 7.37. The Hall–Kier alpha value is -1.91. The number of thiophene rings is 1. The van der Waals surface area contributed by atoms with Crippen LogP contribution in [0, 0.1) is 0 Å². The number of allylic oxidation sites excluding steroid dienone is 1. The Labute approximate surface area is 118 Å². The van der Waals surface area contributed by atoms with Crippen molar-refractivity contribution < 1.29 is 9.59 Å². The van der Waals surface area contributed by atoms with Crippen molar-refractivity contribution in [2.24, 2.45) is 0 Å². The Kier molecular flexibility index (Phi) is 2.97. The number of hydrogen-bond acceptors (Lipinski definition) is 3. The Bertz CT molecular complexity index is 704. The van der Waals surface area contributed by atoms with Crippen molar-refractivity contribution in [1.29, 1.82) is 0 Å². The molecule has 19 heavy (non-hydrogen) atoms. The van der Waals surface area contributed by atoms with E-state index in [0.717, 1.165) is 0 Å². The number of halogens is 1. The van der Waals surface area contributed by atoms with Crippen LogP contribution in [-0.2, 0) is 4.79 Å². The monoisotopic (exact) mass is 289 g/mol. The van der Waals surface area contributed by atoms with Crippen molar-refractivity contribution in [3.63, 3.8) is 0 Å². The minimum atomic E-state index is -0.277. The van der Waals surface area contributed by atoms with E-state index in [0.29, 0.717) is 27.4 Å². The van der Waals surface area contributed by atoms with Gasteiger partial charge in [-0.3, -0.25) is 9.59 Å². The molecule has 3 rings (SSSR count). The van der Waals surface area contributed by atoms with Gasteiger partial charge in [-0.25, -0.2) is 0 Å². The number of hydrogen-bond donors (Lipinski definition) is 1. The minimum Gasteiger partial charge on any atom is -0.321 e. The number of nitrogens with one attached hydrogen (secondary N) is 1. The minimum absolute atomic E-state index is 0.181. The van der Waals surface area contributed by atoms with Crippen LogP contribution in [-0.4, -0.2) is 11.7 Å². The number of anilines is 1. The molecule has 0 saturated heterocycles. The molecule has 1 aliphatic heterocycles. The van der Waals surface area contributed by atoms with E-state index in [1.165, 1.54) is 17.4 Å². The second kappa shape index (κ2) is 4.64. The Morgan fingerprint density at radius 1 is 1.32 bits per heavy atom. The molecule has 1 aliphatic rings. The van der Waals surface area contributed by atoms with Gasteiger partial charge in [0.05, 0.1) is 5.57 Å². The summed E-state index contributed by atoms with van der Waals surface area (Å²) in [7, 11) is 0. The number of ketones is 1. The summed E-state index contributed by atoms with van der Waals surface area (Å²) in [5.74, 6) is -0.458. The van der Waals surface area contributed by atoms with E-state index in [1.54, 1.807) is 29.6 Å². The van der Waals surface area contributed by atoms with Gasteiger partial charge in [-0.05, 0) is 35.7 Å². The van der Waals surface area contributed by atoms with Gasteiger partial charge in [0.25, 0.3) is 5.91 Å². The van der Waals surface area contributed by atoms with Gasteiger partial charge in [0, 0.05) is 27.2 Å². The molecule has 1 N–H and O–H groups in total. The van der Waals surface area contributed by atoms with Crippen LogP contribution >= 0.6 is 22.9 Å². The predicted octanol–water partition coefficient (Wildman–Crippen LogP) is 3.62. The first-order chi connectivity index (χ1) is 9.15. The fraction of sp³-hybridized carbons (Fsp3) is 0. The molecule has 3 nitrogen and oxygen atoms in total. The van der Waals surface area contributed by atoms with Gasteiger partial charge < -0.3 is 5.32 Å². The van der Waals surface area contributed by atoms with Crippen LogP contribution < -0.4 is 5.32 Å². The summed E-state index contributed by atoms with van der Waals surface area (Å²) < 4.78 is 0. The lowest BCUT2D eigenvalue weighted by Gasteiger charge is -1.98. The topological polar surface area (TPSA) is 46.2 Å². The average molecular weight is 290 g/mol. The van der Waals surface area contributed by atoms with Crippen LogP contribution in [0.3, 0.4) is 0 Å². The van der Waals surface area contributed by atoms with Gasteiger partial charge in [0.15, 0.2) is 5.78 Å². The van der Waals surface area contributed by atoms with Gasteiger partial charge in [-0.2, -0.15) is 11.3 Å². The molecule has 94 valence electrons. The average Bonchev–Trinajstić information content (AvgIpc) is 2.99. The van der Waals surface area contributed by atoms with Crippen LogP contribution in [0.5, 0.6) is 0 Å². The lowest BCUT2D eigenvalue weighted by atomic mass is 10.0. The largest absolute Gasteiger partial charge is 0.321 e. The quantitative estimate of drug-likeness (QED) is 0.678. The molecule has 1 aromatic carbocycles. The van der Waals surface area contributed by atoms with Crippen LogP contribution in [0.25, 0.3) is 5.57 Å². The third-order valence-corrected chi connectivity index (χ3v) is 3.76. The maximum absolute atomic E-state index is 12.0. The maximum Gasteiger partial charge on any atom is 0.256 e. The van der Waals surface area contributed by atoms with E-state index >= 15 is 0 Å². The fourth-order valence-electron chi connectivity index (χ4n) is 1.92. The predicted molar refractivity (Wildman–Crippen MR) is 76.7 cm³/mol. The third kappa shape index (κ3) is 2.20. The summed E-state index contributed by atoms with van der Waals surface area (Å²) in [6, 6.07) is 6.84. The van der Waals surface area contributed by atoms with Crippen LogP contribution in [0.15, 0.2) is 41.1 Å². The Morgan fingerprint density at radius 2 is 2.16 bits per heavy atom. The number of amides is 1. The summed E-state index contributed by atoms with van der Waals surface area (Å²) in [5, 5.41) is 6.82. The van der Waals surface area contributed by atoms with Gasteiger partial charge in [0.1, 0.15) is 0 Å². The normalized spacial score (nSPS) is 15.4. The number of carbonyl (C=O) groups excluding carboxylic acids is 2. The highest BCUT2D eigenvalue weighted by Crippen LogP contribution is 2.33. The Morgan fingerprint density at radius 3 is 2.89 bits per heavy atom. The maximum atomic E-state index is 12.0. The van der Waals surface area contributed by atoms with Gasteiger partial charge in [-0.1, -0.05) is 11.6 Å². The second-order valence-corrected chi connectivity index (χ2v) is 5.29. The molecule has 1 amide bonds. The zero-order valence-corrected chi connectivity index (χ0v) is 11.2. The lowest BCUT2D eigenvalue weighted by Crippen LogP contribution is -2.05. The highest BCUT2D eigenvalue weighted by Gasteiger charge is 2.25. The third-order valence-electron chi connectivity index (χ3n) is 2.85. The summed E-state index contributed by atoms with van der Waals surface area (Å²) in [5.41, 5.74) is 2.29. The summed E-state index contributed by atoms with van der Waals surface area (Å²) in [6.07, 6.45) is 1.36. The lowest BCUT2D eigenvalue weighted by molar-refractivity contribution is -0.110. The van der Waals surface area contributed by atoms with Crippen molar-refractivity contribution in [3.05, 3.63) is 57.3 Å². The smallest absolute Gasteiger partial charge is 0.256 e. The van der Waals surface area contributed by atoms with E-state index in [9.17, 15) is 9.59 Å². The number of fused-ring (bicyclic) bond motifs is 1. The molecule has 0 radical (unpaired) electrons. The highest BCUT2D eigenvalue weighted by atomic mass is 35.5. The molecular formula is C14H8ClNO2S. The molecule has 2 heterocycles. The van der Waals surface area contributed by atoms with Crippen LogP contribution in [0.4, 0.5) is 5.69 Å². The second-order valence-electron chi connectivity index (χ2n) is 4.08. The van der Waals surface area contributed by atoms with Crippen LogP contribution in [0.1, 0.15) is 15.9 Å². The van der Waals surface area contributed by atoms with Crippen molar-refractivity contribution in [1.82, 2.24) is 0 Å². The van der Waals surface area contributed by atoms with Gasteiger partial charge in [0.2, 0.25) is 0 Å². The highest BCUT2D eigenvalue weighted by molar-refractivity contribution is 7.08. The molecule has 0 bridgehead atoms. The molecule has 0 unspecified atom stereocenters. The van der Waals surface area contributed by atoms with E-state index in [1.807, 2.05) is 5.38 Å². The summed E-state index contributed by atoms with van der Waals surface area (Å²) in [6.45, 7) is 0. The molecule has 2 aromatic rings. The first-order valence-electron chi connectivity index (χ1n) is 5.54. The first-order valence-corrected chi connectivity index (χ1v) is 6.87. The molecule has 5 heteroatoms. The zero-order chi connectivity index (χ0) is 13.4. The van der Waals surface area contributed by atoms with Crippen LogP contribution in [0.2, 0.25) is 5.02 Å². The number of rotatable bonds is 2. The summed E-state index contributed by atoms with van der Waals surface area (Å²) in [4.78, 5) is 23.9. The van der Waals surface area contributed by atoms with Crippen molar-refractivity contribution >= 4 is 45.9 Å². The van der Waals surface area contributed by atoms with Gasteiger partial charge >= 0.3 is 0 Å². The zero-order valence-electron chi connectivity index (χ0n) is 9.64. The SMILES string of the molecule is O=C1Nc2ccc(Cl)cc2C1=CC(=O)c1ccsc1. The Balaban J connectivity index is 2.04. The van der Waals surface area contributed by atoms with Crippen molar-refractivity contribution in [2.75, 3.05) is 5.32 Å². The van der Waals surface area contributed by atoms with E-state index in [2.05, 4.69) is 5.32 Å². The molecular weight excluding hydrogens is 282 g/mol. The molecule has 0 saturated carbocycles. The van der Waals surface area contributed by atoms with E-state index < -0.39 is 0 Å². The van der Waals surface area contributed by atoms with E-state index in [-0.39, 0.29) is 11.7 Å². The molecule has 1 aromatic heterocycles. The first kappa shape index (κ1) is 12.1. The number of benzene rings is 1.